The van der Waals surface area contributed by atoms with E-state index >= 15 is 0 Å². The molecule has 10 heteroatoms. The SMILES string of the molecule is COc1cc(F)c(C(=O)NC2COCC2CS(=O)(=O)N(C)C)c(F)c1. The van der Waals surface area contributed by atoms with Gasteiger partial charge in [-0.05, 0) is 0 Å². The van der Waals surface area contributed by atoms with Crippen molar-refractivity contribution in [2.24, 2.45) is 5.92 Å². The van der Waals surface area contributed by atoms with Gasteiger partial charge in [-0.15, -0.1) is 0 Å². The number of carbonyl (C=O) groups is 1. The Bertz CT molecular complexity index is 731. The highest BCUT2D eigenvalue weighted by Crippen LogP contribution is 2.22. The minimum Gasteiger partial charge on any atom is -0.497 e. The summed E-state index contributed by atoms with van der Waals surface area (Å²) in [6.45, 7) is 0.199. The van der Waals surface area contributed by atoms with E-state index in [2.05, 4.69) is 5.32 Å². The maximum absolute atomic E-state index is 14.0. The van der Waals surface area contributed by atoms with Gasteiger partial charge in [0.2, 0.25) is 10.0 Å². The fourth-order valence-corrected chi connectivity index (χ4v) is 3.63. The molecule has 0 radical (unpaired) electrons. The third-order valence-electron chi connectivity index (χ3n) is 3.97. The second-order valence-corrected chi connectivity index (χ2v) is 8.13. The zero-order valence-electron chi connectivity index (χ0n) is 14.1. The number of hydrogen-bond acceptors (Lipinski definition) is 5. The van der Waals surface area contributed by atoms with Gasteiger partial charge in [-0.25, -0.2) is 21.5 Å². The Labute approximate surface area is 145 Å². The van der Waals surface area contributed by atoms with Crippen molar-refractivity contribution >= 4 is 15.9 Å². The predicted molar refractivity (Wildman–Crippen MR) is 85.9 cm³/mol. The fourth-order valence-electron chi connectivity index (χ4n) is 2.47. The first kappa shape index (κ1) is 19.5. The number of halogens is 2. The summed E-state index contributed by atoms with van der Waals surface area (Å²) < 4.78 is 63.0. The molecule has 1 aliphatic heterocycles. The maximum atomic E-state index is 14.0. The Morgan fingerprint density at radius 1 is 1.32 bits per heavy atom. The first-order valence-electron chi connectivity index (χ1n) is 7.47. The molecule has 1 fully saturated rings. The van der Waals surface area contributed by atoms with Crippen LogP contribution in [0.3, 0.4) is 0 Å². The number of methoxy groups -OCH3 is 1. The van der Waals surface area contributed by atoms with Crippen LogP contribution in [0.4, 0.5) is 8.78 Å². The van der Waals surface area contributed by atoms with Gasteiger partial charge in [0.1, 0.15) is 22.9 Å². The molecule has 0 spiro atoms. The van der Waals surface area contributed by atoms with Crippen LogP contribution in [0.5, 0.6) is 5.75 Å². The molecule has 1 N–H and O–H groups in total. The van der Waals surface area contributed by atoms with Crippen LogP contribution < -0.4 is 10.1 Å². The van der Waals surface area contributed by atoms with Gasteiger partial charge in [0.05, 0.1) is 32.1 Å². The van der Waals surface area contributed by atoms with Crippen LogP contribution >= 0.6 is 0 Å². The number of nitrogens with zero attached hydrogens (tertiary/aromatic N) is 1. The normalized spacial score (nSPS) is 20.7. The van der Waals surface area contributed by atoms with E-state index in [4.69, 9.17) is 9.47 Å². The minimum atomic E-state index is -3.50. The van der Waals surface area contributed by atoms with Crippen LogP contribution in [0.1, 0.15) is 10.4 Å². The Morgan fingerprint density at radius 2 is 1.92 bits per heavy atom. The second-order valence-electron chi connectivity index (χ2n) is 5.90. The smallest absolute Gasteiger partial charge is 0.257 e. The van der Waals surface area contributed by atoms with E-state index in [9.17, 15) is 22.0 Å². The monoisotopic (exact) mass is 378 g/mol. The molecule has 140 valence electrons. The molecule has 7 nitrogen and oxygen atoms in total. The van der Waals surface area contributed by atoms with Crippen LogP contribution in [0.25, 0.3) is 0 Å². The maximum Gasteiger partial charge on any atom is 0.257 e. The van der Waals surface area contributed by atoms with Crippen molar-refractivity contribution in [2.75, 3.05) is 40.2 Å². The molecule has 2 unspecified atom stereocenters. The van der Waals surface area contributed by atoms with Crippen molar-refractivity contribution in [1.29, 1.82) is 0 Å². The zero-order chi connectivity index (χ0) is 18.8. The molecule has 1 saturated heterocycles. The lowest BCUT2D eigenvalue weighted by atomic mass is 10.1. The molecule has 0 saturated carbocycles. The standard InChI is InChI=1S/C15H20F2N2O5S/c1-19(2)25(21,22)8-9-6-24-7-13(9)18-15(20)14-11(16)4-10(23-3)5-12(14)17/h4-5,9,13H,6-8H2,1-3H3,(H,18,20). The number of nitrogens with one attached hydrogen (secondary N) is 1. The van der Waals surface area contributed by atoms with E-state index in [0.717, 1.165) is 16.4 Å². The predicted octanol–water partition coefficient (Wildman–Crippen LogP) is 0.610. The van der Waals surface area contributed by atoms with Gasteiger partial charge < -0.3 is 14.8 Å². The lowest BCUT2D eigenvalue weighted by Crippen LogP contribution is -2.44. The van der Waals surface area contributed by atoms with Gasteiger partial charge in [-0.1, -0.05) is 0 Å². The summed E-state index contributed by atoms with van der Waals surface area (Å²) in [6, 6.07) is 1.14. The van der Waals surface area contributed by atoms with Gasteiger partial charge in [0, 0.05) is 32.1 Å². The molecule has 1 aromatic carbocycles. The Hall–Kier alpha value is -1.78. The quantitative estimate of drug-likeness (QED) is 0.784. The number of sulfonamides is 1. The lowest BCUT2D eigenvalue weighted by molar-refractivity contribution is 0.0917. The molecule has 0 bridgehead atoms. The highest BCUT2D eigenvalue weighted by atomic mass is 32.2. The third-order valence-corrected chi connectivity index (χ3v) is 5.94. The average Bonchev–Trinajstić information content (AvgIpc) is 2.92. The Morgan fingerprint density at radius 3 is 2.44 bits per heavy atom. The lowest BCUT2D eigenvalue weighted by Gasteiger charge is -2.21. The summed E-state index contributed by atoms with van der Waals surface area (Å²) >= 11 is 0. The first-order valence-corrected chi connectivity index (χ1v) is 9.08. The number of rotatable bonds is 6. The number of benzene rings is 1. The summed E-state index contributed by atoms with van der Waals surface area (Å²) in [5.41, 5.74) is -0.748. The van der Waals surface area contributed by atoms with Crippen molar-refractivity contribution in [3.05, 3.63) is 29.3 Å². The number of hydrogen-bond donors (Lipinski definition) is 1. The van der Waals surface area contributed by atoms with Crippen molar-refractivity contribution in [1.82, 2.24) is 9.62 Å². The van der Waals surface area contributed by atoms with Crippen molar-refractivity contribution in [3.63, 3.8) is 0 Å². The summed E-state index contributed by atoms with van der Waals surface area (Å²) in [4.78, 5) is 12.2. The fraction of sp³-hybridized carbons (Fsp3) is 0.533. The van der Waals surface area contributed by atoms with E-state index in [-0.39, 0.29) is 24.7 Å². The molecule has 0 aliphatic carbocycles. The molecule has 1 aromatic rings. The molecular formula is C15H20F2N2O5S. The van der Waals surface area contributed by atoms with Crippen molar-refractivity contribution in [2.45, 2.75) is 6.04 Å². The Balaban J connectivity index is 2.15. The summed E-state index contributed by atoms with van der Waals surface area (Å²) in [7, 11) is 0.554. The van der Waals surface area contributed by atoms with Crippen molar-refractivity contribution in [3.8, 4) is 5.75 Å². The molecule has 2 atom stereocenters. The van der Waals surface area contributed by atoms with Gasteiger partial charge in [0.25, 0.3) is 5.91 Å². The third kappa shape index (κ3) is 4.44. The largest absolute Gasteiger partial charge is 0.497 e. The van der Waals surface area contributed by atoms with E-state index in [0.29, 0.717) is 0 Å². The van der Waals surface area contributed by atoms with Crippen LogP contribution in [-0.4, -0.2) is 64.8 Å². The Kier molecular flexibility index (Phi) is 5.96. The van der Waals surface area contributed by atoms with E-state index in [1.54, 1.807) is 0 Å². The van der Waals surface area contributed by atoms with Crippen LogP contribution in [0, 0.1) is 17.6 Å². The van der Waals surface area contributed by atoms with Gasteiger partial charge in [-0.2, -0.15) is 0 Å². The van der Waals surface area contributed by atoms with Gasteiger partial charge >= 0.3 is 0 Å². The molecule has 1 heterocycles. The van der Waals surface area contributed by atoms with Crippen LogP contribution in [-0.2, 0) is 14.8 Å². The van der Waals surface area contributed by atoms with E-state index in [1.165, 1.54) is 21.2 Å². The van der Waals surface area contributed by atoms with Gasteiger partial charge in [-0.3, -0.25) is 4.79 Å². The molecule has 25 heavy (non-hydrogen) atoms. The van der Waals surface area contributed by atoms with E-state index in [1.807, 2.05) is 0 Å². The number of amides is 1. The van der Waals surface area contributed by atoms with Gasteiger partial charge in [0.15, 0.2) is 0 Å². The number of ether oxygens (including phenoxy) is 2. The molecule has 1 amide bonds. The van der Waals surface area contributed by atoms with Crippen molar-refractivity contribution < 1.29 is 31.5 Å². The van der Waals surface area contributed by atoms with Crippen LogP contribution in [0.2, 0.25) is 0 Å². The minimum absolute atomic E-state index is 0.0503. The summed E-state index contributed by atoms with van der Waals surface area (Å²) in [5, 5.41) is 2.46. The second kappa shape index (κ2) is 7.63. The topological polar surface area (TPSA) is 84.9 Å². The van der Waals surface area contributed by atoms with Crippen LogP contribution in [0.15, 0.2) is 12.1 Å². The average molecular weight is 378 g/mol. The zero-order valence-corrected chi connectivity index (χ0v) is 14.9. The highest BCUT2D eigenvalue weighted by Gasteiger charge is 2.35. The molecule has 2 rings (SSSR count). The summed E-state index contributed by atoms with van der Waals surface area (Å²) in [5.74, 6) is -3.90. The first-order chi connectivity index (χ1) is 11.7. The molecule has 0 aromatic heterocycles. The summed E-state index contributed by atoms with van der Waals surface area (Å²) in [6.07, 6.45) is 0. The molecular weight excluding hydrogens is 358 g/mol. The van der Waals surface area contributed by atoms with E-state index < -0.39 is 45.1 Å². The highest BCUT2D eigenvalue weighted by molar-refractivity contribution is 7.89. The molecule has 1 aliphatic rings. The number of carbonyl (C=O) groups excluding carboxylic acids is 1.